The van der Waals surface area contributed by atoms with Crippen molar-refractivity contribution in [3.05, 3.63) is 69.7 Å². The van der Waals surface area contributed by atoms with Crippen LogP contribution < -0.4 is 5.73 Å². The fraction of sp³-hybridized carbons (Fsp3) is 0.200. The van der Waals surface area contributed by atoms with Crippen LogP contribution in [0.3, 0.4) is 0 Å². The Balaban J connectivity index is 2.20. The summed E-state index contributed by atoms with van der Waals surface area (Å²) in [5, 5.41) is 0. The van der Waals surface area contributed by atoms with Crippen molar-refractivity contribution in [2.75, 3.05) is 0 Å². The zero-order valence-corrected chi connectivity index (χ0v) is 11.4. The normalized spacial score (nSPS) is 12.4. The lowest BCUT2D eigenvalue weighted by Crippen LogP contribution is -2.14. The van der Waals surface area contributed by atoms with Gasteiger partial charge in [-0.1, -0.05) is 58.4 Å². The van der Waals surface area contributed by atoms with Crippen molar-refractivity contribution >= 4 is 15.9 Å². The first-order valence-electron chi connectivity index (χ1n) is 5.73. The molecule has 2 aromatic carbocycles. The number of halogens is 1. The van der Waals surface area contributed by atoms with Gasteiger partial charge in [0.05, 0.1) is 0 Å². The molecule has 1 nitrogen and oxygen atoms in total. The third kappa shape index (κ3) is 2.96. The summed E-state index contributed by atoms with van der Waals surface area (Å²) in [7, 11) is 0. The highest BCUT2D eigenvalue weighted by Crippen LogP contribution is 2.24. The molecule has 0 aromatic heterocycles. The molecular formula is C15H16BrN. The van der Waals surface area contributed by atoms with Gasteiger partial charge in [-0.05, 0) is 36.1 Å². The van der Waals surface area contributed by atoms with Crippen molar-refractivity contribution in [3.8, 4) is 0 Å². The minimum absolute atomic E-state index is 0.0340. The minimum atomic E-state index is 0.0340. The van der Waals surface area contributed by atoms with E-state index < -0.39 is 0 Å². The van der Waals surface area contributed by atoms with E-state index in [9.17, 15) is 0 Å². The Hall–Kier alpha value is -1.12. The molecule has 1 atom stereocenters. The first kappa shape index (κ1) is 12.3. The van der Waals surface area contributed by atoms with E-state index in [-0.39, 0.29) is 6.04 Å². The van der Waals surface area contributed by atoms with Gasteiger partial charge in [0.15, 0.2) is 0 Å². The van der Waals surface area contributed by atoms with Crippen molar-refractivity contribution in [3.63, 3.8) is 0 Å². The summed E-state index contributed by atoms with van der Waals surface area (Å²) in [5.74, 6) is 0. The van der Waals surface area contributed by atoms with Gasteiger partial charge in [0.1, 0.15) is 0 Å². The molecule has 0 heterocycles. The Morgan fingerprint density at radius 3 is 2.41 bits per heavy atom. The monoisotopic (exact) mass is 289 g/mol. The molecule has 17 heavy (non-hydrogen) atoms. The van der Waals surface area contributed by atoms with E-state index in [1.54, 1.807) is 0 Å². The van der Waals surface area contributed by atoms with E-state index >= 15 is 0 Å². The highest BCUT2D eigenvalue weighted by atomic mass is 79.9. The summed E-state index contributed by atoms with van der Waals surface area (Å²) in [5.41, 5.74) is 10.0. The molecule has 0 aliphatic rings. The van der Waals surface area contributed by atoms with E-state index in [0.29, 0.717) is 0 Å². The molecule has 0 aliphatic heterocycles. The van der Waals surface area contributed by atoms with Crippen LogP contribution >= 0.6 is 15.9 Å². The van der Waals surface area contributed by atoms with Crippen molar-refractivity contribution < 1.29 is 0 Å². The predicted molar refractivity (Wildman–Crippen MR) is 76.0 cm³/mol. The number of hydrogen-bond acceptors (Lipinski definition) is 1. The molecule has 0 saturated heterocycles. The fourth-order valence-corrected chi connectivity index (χ4v) is 2.54. The first-order valence-corrected chi connectivity index (χ1v) is 6.52. The maximum absolute atomic E-state index is 6.27. The van der Waals surface area contributed by atoms with Gasteiger partial charge < -0.3 is 5.73 Å². The van der Waals surface area contributed by atoms with Crippen LogP contribution in [0.4, 0.5) is 0 Å². The second-order valence-corrected chi connectivity index (χ2v) is 5.11. The van der Waals surface area contributed by atoms with Crippen LogP contribution in [0, 0.1) is 6.92 Å². The first-order chi connectivity index (χ1) is 8.18. The van der Waals surface area contributed by atoms with Gasteiger partial charge >= 0.3 is 0 Å². The maximum atomic E-state index is 6.27. The second-order valence-electron chi connectivity index (χ2n) is 4.26. The average molecular weight is 290 g/mol. The van der Waals surface area contributed by atoms with E-state index in [2.05, 4.69) is 53.2 Å². The van der Waals surface area contributed by atoms with Crippen LogP contribution in [0.25, 0.3) is 0 Å². The molecule has 88 valence electrons. The van der Waals surface area contributed by atoms with Crippen molar-refractivity contribution in [2.45, 2.75) is 19.4 Å². The van der Waals surface area contributed by atoms with Crippen molar-refractivity contribution in [2.24, 2.45) is 5.73 Å². The lowest BCUT2D eigenvalue weighted by Gasteiger charge is -2.15. The van der Waals surface area contributed by atoms with Gasteiger partial charge in [0.2, 0.25) is 0 Å². The van der Waals surface area contributed by atoms with Gasteiger partial charge in [-0.3, -0.25) is 0 Å². The fourth-order valence-electron chi connectivity index (χ4n) is 1.96. The third-order valence-electron chi connectivity index (χ3n) is 3.01. The van der Waals surface area contributed by atoms with Crippen LogP contribution in [0.2, 0.25) is 0 Å². The number of nitrogens with two attached hydrogens (primary N) is 1. The molecule has 2 aromatic rings. The molecule has 0 fully saturated rings. The highest BCUT2D eigenvalue weighted by molar-refractivity contribution is 9.10. The SMILES string of the molecule is Cc1ccccc1CC(N)c1ccccc1Br. The van der Waals surface area contributed by atoms with Crippen LogP contribution in [-0.4, -0.2) is 0 Å². The molecule has 0 aliphatic carbocycles. The van der Waals surface area contributed by atoms with Crippen LogP contribution in [0.15, 0.2) is 53.0 Å². The smallest absolute Gasteiger partial charge is 0.0347 e. The van der Waals surface area contributed by atoms with Gasteiger partial charge in [0, 0.05) is 10.5 Å². The Bertz CT molecular complexity index is 508. The molecule has 0 saturated carbocycles. The Kier molecular flexibility index (Phi) is 3.97. The molecule has 2 N–H and O–H groups in total. The molecule has 2 rings (SSSR count). The van der Waals surface area contributed by atoms with Gasteiger partial charge in [-0.2, -0.15) is 0 Å². The number of rotatable bonds is 3. The van der Waals surface area contributed by atoms with Crippen molar-refractivity contribution in [1.29, 1.82) is 0 Å². The summed E-state index contributed by atoms with van der Waals surface area (Å²) in [6.07, 6.45) is 0.870. The molecule has 0 radical (unpaired) electrons. The van der Waals surface area contributed by atoms with Crippen LogP contribution in [0.1, 0.15) is 22.7 Å². The number of benzene rings is 2. The second kappa shape index (κ2) is 5.48. The zero-order valence-electron chi connectivity index (χ0n) is 9.86. The topological polar surface area (TPSA) is 26.0 Å². The lowest BCUT2D eigenvalue weighted by atomic mass is 9.97. The van der Waals surface area contributed by atoms with Crippen LogP contribution in [0.5, 0.6) is 0 Å². The molecule has 0 amide bonds. The molecule has 1 unspecified atom stereocenters. The Morgan fingerprint density at radius 2 is 1.71 bits per heavy atom. The quantitative estimate of drug-likeness (QED) is 0.908. The number of hydrogen-bond donors (Lipinski definition) is 1. The predicted octanol–water partition coefficient (Wildman–Crippen LogP) is 4.00. The maximum Gasteiger partial charge on any atom is 0.0347 e. The van der Waals surface area contributed by atoms with Crippen LogP contribution in [-0.2, 0) is 6.42 Å². The molecular weight excluding hydrogens is 274 g/mol. The van der Waals surface area contributed by atoms with E-state index in [1.807, 2.05) is 18.2 Å². The zero-order chi connectivity index (χ0) is 12.3. The standard InChI is InChI=1S/C15H16BrN/c1-11-6-2-3-7-12(11)10-15(17)13-8-4-5-9-14(13)16/h2-9,15H,10,17H2,1H3. The van der Waals surface area contributed by atoms with Gasteiger partial charge in [-0.15, -0.1) is 0 Å². The third-order valence-corrected chi connectivity index (χ3v) is 3.73. The minimum Gasteiger partial charge on any atom is -0.324 e. The summed E-state index contributed by atoms with van der Waals surface area (Å²) >= 11 is 3.55. The molecule has 2 heteroatoms. The number of aryl methyl sites for hydroxylation is 1. The highest BCUT2D eigenvalue weighted by Gasteiger charge is 2.10. The van der Waals surface area contributed by atoms with Gasteiger partial charge in [0.25, 0.3) is 0 Å². The van der Waals surface area contributed by atoms with E-state index in [0.717, 1.165) is 16.5 Å². The average Bonchev–Trinajstić information content (AvgIpc) is 2.32. The molecule has 0 bridgehead atoms. The Morgan fingerprint density at radius 1 is 1.06 bits per heavy atom. The summed E-state index contributed by atoms with van der Waals surface area (Å²) < 4.78 is 1.08. The lowest BCUT2D eigenvalue weighted by molar-refractivity contribution is 0.715. The van der Waals surface area contributed by atoms with Crippen molar-refractivity contribution in [1.82, 2.24) is 0 Å². The summed E-state index contributed by atoms with van der Waals surface area (Å²) in [4.78, 5) is 0. The summed E-state index contributed by atoms with van der Waals surface area (Å²) in [6, 6.07) is 16.6. The summed E-state index contributed by atoms with van der Waals surface area (Å²) in [6.45, 7) is 2.13. The van der Waals surface area contributed by atoms with E-state index in [4.69, 9.17) is 5.73 Å². The Labute approximate surface area is 111 Å². The largest absolute Gasteiger partial charge is 0.324 e. The molecule has 0 spiro atoms. The van der Waals surface area contributed by atoms with Gasteiger partial charge in [-0.25, -0.2) is 0 Å². The van der Waals surface area contributed by atoms with E-state index in [1.165, 1.54) is 11.1 Å².